The van der Waals surface area contributed by atoms with Crippen molar-refractivity contribution < 1.29 is 0 Å². The van der Waals surface area contributed by atoms with Crippen LogP contribution in [0.4, 0.5) is 0 Å². The summed E-state index contributed by atoms with van der Waals surface area (Å²) in [5.41, 5.74) is 7.05. The maximum atomic E-state index is 6.11. The lowest BCUT2D eigenvalue weighted by atomic mass is 10.2. The third-order valence-corrected chi connectivity index (χ3v) is 4.30. The van der Waals surface area contributed by atoms with E-state index in [1.807, 2.05) is 12.4 Å². The fourth-order valence-corrected chi connectivity index (χ4v) is 3.18. The van der Waals surface area contributed by atoms with E-state index in [0.29, 0.717) is 0 Å². The number of rotatable bonds is 2. The lowest BCUT2D eigenvalue weighted by molar-refractivity contribution is 0.654. The third-order valence-electron chi connectivity index (χ3n) is 2.00. The summed E-state index contributed by atoms with van der Waals surface area (Å²) < 4.78 is 2.90. The zero-order valence-electron chi connectivity index (χ0n) is 7.51. The smallest absolute Gasteiger partial charge is 0.0844 e. The van der Waals surface area contributed by atoms with Gasteiger partial charge in [-0.25, -0.2) is 0 Å². The number of nitrogens with zero attached hydrogens (tertiary/aromatic N) is 3. The number of hydrogen-bond donors (Lipinski definition) is 1. The Bertz CT molecular complexity index is 396. The van der Waals surface area contributed by atoms with E-state index in [0.717, 1.165) is 10.6 Å². The Kier molecular flexibility index (Phi) is 2.84. The van der Waals surface area contributed by atoms with Crippen LogP contribution in [0.1, 0.15) is 16.6 Å². The van der Waals surface area contributed by atoms with E-state index < -0.39 is 0 Å². The van der Waals surface area contributed by atoms with Crippen molar-refractivity contribution in [3.05, 3.63) is 31.8 Å². The normalized spacial score (nSPS) is 13.1. The van der Waals surface area contributed by atoms with E-state index in [2.05, 4.69) is 39.0 Å². The van der Waals surface area contributed by atoms with Gasteiger partial charge in [-0.3, -0.25) is 4.68 Å². The van der Waals surface area contributed by atoms with Crippen molar-refractivity contribution in [3.8, 4) is 0 Å². The number of nitrogens with two attached hydrogens (primary N) is 1. The van der Waals surface area contributed by atoms with Crippen LogP contribution in [0.15, 0.2) is 17.6 Å². The molecule has 0 saturated heterocycles. The minimum atomic E-state index is -0.123. The van der Waals surface area contributed by atoms with Crippen molar-refractivity contribution in [2.45, 2.75) is 6.04 Å². The van der Waals surface area contributed by atoms with Crippen LogP contribution in [-0.2, 0) is 7.05 Å². The molecule has 14 heavy (non-hydrogen) atoms. The van der Waals surface area contributed by atoms with Crippen LogP contribution in [0.2, 0.25) is 0 Å². The maximum absolute atomic E-state index is 6.11. The summed E-state index contributed by atoms with van der Waals surface area (Å²) in [6.07, 6.45) is 1.71. The molecule has 0 bridgehead atoms. The fraction of sp³-hybridized carbons (Fsp3) is 0.250. The quantitative estimate of drug-likeness (QED) is 0.854. The molecule has 2 heterocycles. The molecular weight excluding hydrogens is 311 g/mol. The van der Waals surface area contributed by atoms with Gasteiger partial charge in [0, 0.05) is 15.5 Å². The molecule has 0 aliphatic rings. The standard InChI is InChI=1S/C8H9IN4S/c1-13-6(4-11-12-13)7(10)8-5(9)2-3-14-8/h2-4,7H,10H2,1H3. The highest BCUT2D eigenvalue weighted by Crippen LogP contribution is 2.28. The molecule has 2 N–H and O–H groups in total. The Balaban J connectivity index is 2.38. The zero-order valence-corrected chi connectivity index (χ0v) is 10.5. The molecule has 2 aromatic heterocycles. The molecule has 4 nitrogen and oxygen atoms in total. The SMILES string of the molecule is Cn1nncc1C(N)c1sccc1I. The zero-order chi connectivity index (χ0) is 10.1. The van der Waals surface area contributed by atoms with E-state index in [-0.39, 0.29) is 6.04 Å². The average Bonchev–Trinajstić information content (AvgIpc) is 2.73. The molecule has 0 radical (unpaired) electrons. The summed E-state index contributed by atoms with van der Waals surface area (Å²) in [6.45, 7) is 0. The number of aromatic nitrogens is 3. The molecule has 0 saturated carbocycles. The van der Waals surface area contributed by atoms with Gasteiger partial charge in [0.25, 0.3) is 0 Å². The molecule has 2 rings (SSSR count). The fourth-order valence-electron chi connectivity index (χ4n) is 1.24. The second kappa shape index (κ2) is 3.95. The van der Waals surface area contributed by atoms with E-state index in [1.54, 1.807) is 22.2 Å². The van der Waals surface area contributed by atoms with Gasteiger partial charge in [-0.15, -0.1) is 16.4 Å². The topological polar surface area (TPSA) is 56.7 Å². The van der Waals surface area contributed by atoms with E-state index in [4.69, 9.17) is 5.73 Å². The number of thiophene rings is 1. The van der Waals surface area contributed by atoms with Crippen LogP contribution in [0.25, 0.3) is 0 Å². The van der Waals surface area contributed by atoms with Gasteiger partial charge in [0.2, 0.25) is 0 Å². The summed E-state index contributed by atoms with van der Waals surface area (Å²) in [5.74, 6) is 0. The molecule has 1 atom stereocenters. The summed E-state index contributed by atoms with van der Waals surface area (Å²) in [5, 5.41) is 9.73. The molecule has 6 heteroatoms. The van der Waals surface area contributed by atoms with Crippen LogP contribution in [0, 0.1) is 3.57 Å². The van der Waals surface area contributed by atoms with Gasteiger partial charge in [0.1, 0.15) is 0 Å². The Morgan fingerprint density at radius 3 is 2.93 bits per heavy atom. The molecule has 0 fully saturated rings. The van der Waals surface area contributed by atoms with Crippen molar-refractivity contribution in [1.82, 2.24) is 15.0 Å². The summed E-state index contributed by atoms with van der Waals surface area (Å²) in [7, 11) is 1.85. The second-order valence-corrected chi connectivity index (χ2v) is 5.00. The molecule has 0 amide bonds. The highest BCUT2D eigenvalue weighted by molar-refractivity contribution is 14.1. The summed E-state index contributed by atoms with van der Waals surface area (Å²) >= 11 is 3.95. The molecule has 74 valence electrons. The lowest BCUT2D eigenvalue weighted by Gasteiger charge is -2.09. The van der Waals surface area contributed by atoms with Crippen molar-refractivity contribution in [1.29, 1.82) is 0 Å². The number of halogens is 1. The number of hydrogen-bond acceptors (Lipinski definition) is 4. The highest BCUT2D eigenvalue weighted by Gasteiger charge is 2.16. The largest absolute Gasteiger partial charge is 0.318 e. The van der Waals surface area contributed by atoms with Crippen LogP contribution in [0.3, 0.4) is 0 Å². The van der Waals surface area contributed by atoms with Crippen molar-refractivity contribution in [2.24, 2.45) is 12.8 Å². The van der Waals surface area contributed by atoms with Crippen LogP contribution < -0.4 is 5.73 Å². The second-order valence-electron chi connectivity index (χ2n) is 2.89. The maximum Gasteiger partial charge on any atom is 0.0844 e. The minimum Gasteiger partial charge on any atom is -0.318 e. The van der Waals surface area contributed by atoms with Crippen molar-refractivity contribution in [3.63, 3.8) is 0 Å². The molecule has 0 aliphatic heterocycles. The molecule has 1 unspecified atom stereocenters. The van der Waals surface area contributed by atoms with Crippen molar-refractivity contribution >= 4 is 33.9 Å². The van der Waals surface area contributed by atoms with Crippen LogP contribution in [-0.4, -0.2) is 15.0 Å². The van der Waals surface area contributed by atoms with E-state index >= 15 is 0 Å². The minimum absolute atomic E-state index is 0.123. The van der Waals surface area contributed by atoms with Gasteiger partial charge < -0.3 is 5.73 Å². The first-order valence-corrected chi connectivity index (χ1v) is 5.99. The first kappa shape index (κ1) is 10.1. The molecular formula is C8H9IN4S. The molecule has 0 aliphatic carbocycles. The predicted octanol–water partition coefficient (Wildman–Crippen LogP) is 1.53. The van der Waals surface area contributed by atoms with Crippen LogP contribution >= 0.6 is 33.9 Å². The van der Waals surface area contributed by atoms with Crippen molar-refractivity contribution in [2.75, 3.05) is 0 Å². The summed E-state index contributed by atoms with van der Waals surface area (Å²) in [6, 6.07) is 1.94. The first-order chi connectivity index (χ1) is 6.70. The number of aryl methyl sites for hydroxylation is 1. The van der Waals surface area contributed by atoms with Gasteiger partial charge in [-0.1, -0.05) is 5.21 Å². The Labute approximate surface area is 99.3 Å². The van der Waals surface area contributed by atoms with Gasteiger partial charge >= 0.3 is 0 Å². The van der Waals surface area contributed by atoms with Crippen LogP contribution in [0.5, 0.6) is 0 Å². The van der Waals surface area contributed by atoms with E-state index in [1.165, 1.54) is 3.57 Å². The molecule has 0 spiro atoms. The highest BCUT2D eigenvalue weighted by atomic mass is 127. The third kappa shape index (κ3) is 1.69. The Hall–Kier alpha value is -0.470. The summed E-state index contributed by atoms with van der Waals surface area (Å²) in [4.78, 5) is 1.16. The average molecular weight is 320 g/mol. The molecule has 0 aromatic carbocycles. The Morgan fingerprint density at radius 2 is 2.43 bits per heavy atom. The predicted molar refractivity (Wildman–Crippen MR) is 64.1 cm³/mol. The van der Waals surface area contributed by atoms with E-state index in [9.17, 15) is 0 Å². The van der Waals surface area contributed by atoms with Gasteiger partial charge in [0.05, 0.1) is 17.9 Å². The Morgan fingerprint density at radius 1 is 1.64 bits per heavy atom. The lowest BCUT2D eigenvalue weighted by Crippen LogP contribution is -2.15. The van der Waals surface area contributed by atoms with Gasteiger partial charge in [0.15, 0.2) is 0 Å². The monoisotopic (exact) mass is 320 g/mol. The van der Waals surface area contributed by atoms with Gasteiger partial charge in [-0.05, 0) is 34.0 Å². The first-order valence-electron chi connectivity index (χ1n) is 4.03. The van der Waals surface area contributed by atoms with Gasteiger partial charge in [-0.2, -0.15) is 0 Å². The molecule has 2 aromatic rings.